The predicted octanol–water partition coefficient (Wildman–Crippen LogP) is 3.49. The molecule has 0 saturated heterocycles. The second kappa shape index (κ2) is 5.49. The van der Waals surface area contributed by atoms with E-state index in [1.54, 1.807) is 24.9 Å². The largest absolute Gasteiger partial charge is 0.497 e. The van der Waals surface area contributed by atoms with Gasteiger partial charge in [0.1, 0.15) is 5.75 Å². The molecule has 1 nitrogen and oxygen atoms in total. The van der Waals surface area contributed by atoms with Crippen molar-refractivity contribution < 1.29 is 4.74 Å². The average molecular weight is 192 g/mol. The van der Waals surface area contributed by atoms with Gasteiger partial charge in [0.05, 0.1) is 7.11 Å². The highest BCUT2D eigenvalue weighted by molar-refractivity contribution is 8.02. The molecule has 68 valence electrons. The molecule has 0 N–H and O–H groups in total. The van der Waals surface area contributed by atoms with Gasteiger partial charge in [-0.05, 0) is 29.7 Å². The van der Waals surface area contributed by atoms with Crippen LogP contribution in [0.4, 0.5) is 0 Å². The van der Waals surface area contributed by atoms with E-state index in [2.05, 4.69) is 6.58 Å². The summed E-state index contributed by atoms with van der Waals surface area (Å²) in [4.78, 5) is 1.19. The minimum absolute atomic E-state index is 0.886. The van der Waals surface area contributed by atoms with Crippen molar-refractivity contribution in [2.45, 2.75) is 4.90 Å². The number of rotatable bonds is 4. The van der Waals surface area contributed by atoms with Gasteiger partial charge in [-0.25, -0.2) is 0 Å². The van der Waals surface area contributed by atoms with Crippen molar-refractivity contribution in [1.29, 1.82) is 0 Å². The predicted molar refractivity (Wildman–Crippen MR) is 58.2 cm³/mol. The summed E-state index contributed by atoms with van der Waals surface area (Å²) in [7, 11) is 1.67. The fourth-order valence-electron chi connectivity index (χ4n) is 0.828. The van der Waals surface area contributed by atoms with E-state index in [0.717, 1.165) is 5.75 Å². The van der Waals surface area contributed by atoms with E-state index in [9.17, 15) is 0 Å². The minimum atomic E-state index is 0.886. The van der Waals surface area contributed by atoms with Crippen LogP contribution in [0.2, 0.25) is 0 Å². The lowest BCUT2D eigenvalue weighted by atomic mass is 10.3. The monoisotopic (exact) mass is 192 g/mol. The molecule has 0 unspecified atom stereocenters. The number of hydrogen-bond donors (Lipinski definition) is 0. The normalized spacial score (nSPS) is 10.2. The summed E-state index contributed by atoms with van der Waals surface area (Å²) in [5.41, 5.74) is 0. The Hall–Kier alpha value is -1.15. The molecule has 0 fully saturated rings. The highest BCUT2D eigenvalue weighted by atomic mass is 32.2. The standard InChI is InChI=1S/C11H12OS/c1-3-4-9-13-11-7-5-10(12-2)6-8-11/h3-9H,1H2,2H3/b9-4+. The first-order chi connectivity index (χ1) is 6.36. The molecule has 0 aliphatic heterocycles. The van der Waals surface area contributed by atoms with E-state index in [4.69, 9.17) is 4.74 Å². The highest BCUT2D eigenvalue weighted by Crippen LogP contribution is 2.21. The van der Waals surface area contributed by atoms with E-state index in [0.29, 0.717) is 0 Å². The number of methoxy groups -OCH3 is 1. The van der Waals surface area contributed by atoms with Crippen molar-refractivity contribution in [3.8, 4) is 5.75 Å². The summed E-state index contributed by atoms with van der Waals surface area (Å²) in [5, 5.41) is 1.99. The smallest absolute Gasteiger partial charge is 0.118 e. The molecule has 1 aromatic carbocycles. The lowest BCUT2D eigenvalue weighted by Crippen LogP contribution is -1.80. The van der Waals surface area contributed by atoms with Gasteiger partial charge >= 0.3 is 0 Å². The lowest BCUT2D eigenvalue weighted by Gasteiger charge is -1.99. The Bertz CT molecular complexity index is 287. The summed E-state index contributed by atoms with van der Waals surface area (Å²) < 4.78 is 5.05. The minimum Gasteiger partial charge on any atom is -0.497 e. The van der Waals surface area contributed by atoms with E-state index in [-0.39, 0.29) is 0 Å². The van der Waals surface area contributed by atoms with Crippen molar-refractivity contribution >= 4 is 11.8 Å². The van der Waals surface area contributed by atoms with Crippen LogP contribution in [0, 0.1) is 0 Å². The molecule has 0 amide bonds. The number of benzene rings is 1. The zero-order valence-electron chi connectivity index (χ0n) is 7.57. The molecule has 0 atom stereocenters. The quantitative estimate of drug-likeness (QED) is 0.533. The lowest BCUT2D eigenvalue weighted by molar-refractivity contribution is 0.414. The second-order valence-corrected chi connectivity index (χ2v) is 3.34. The number of thioether (sulfide) groups is 1. The van der Waals surface area contributed by atoms with Crippen LogP contribution in [0.1, 0.15) is 0 Å². The Balaban J connectivity index is 2.58. The first-order valence-electron chi connectivity index (χ1n) is 3.95. The molecular formula is C11H12OS. The summed E-state index contributed by atoms with van der Waals surface area (Å²) >= 11 is 1.66. The SMILES string of the molecule is C=C/C=C/Sc1ccc(OC)cc1. The highest BCUT2D eigenvalue weighted by Gasteiger charge is 1.91. The molecule has 2 heteroatoms. The Morgan fingerprint density at radius 2 is 2.00 bits per heavy atom. The summed E-state index contributed by atoms with van der Waals surface area (Å²) in [6.45, 7) is 3.60. The van der Waals surface area contributed by atoms with Gasteiger partial charge in [-0.3, -0.25) is 0 Å². The van der Waals surface area contributed by atoms with Gasteiger partial charge in [0, 0.05) is 4.90 Å². The van der Waals surface area contributed by atoms with Crippen molar-refractivity contribution in [2.75, 3.05) is 7.11 Å². The molecule has 0 spiro atoms. The molecule has 0 saturated carbocycles. The maximum Gasteiger partial charge on any atom is 0.118 e. The third-order valence-corrected chi connectivity index (χ3v) is 2.32. The Kier molecular flexibility index (Phi) is 4.19. The van der Waals surface area contributed by atoms with E-state index in [1.165, 1.54) is 4.90 Å². The van der Waals surface area contributed by atoms with Gasteiger partial charge in [0.25, 0.3) is 0 Å². The molecule has 0 aromatic heterocycles. The third kappa shape index (κ3) is 3.38. The van der Waals surface area contributed by atoms with Crippen molar-refractivity contribution in [2.24, 2.45) is 0 Å². The van der Waals surface area contributed by atoms with Crippen LogP contribution in [0.5, 0.6) is 5.75 Å². The van der Waals surface area contributed by atoms with Gasteiger partial charge in [-0.1, -0.05) is 30.5 Å². The number of allylic oxidation sites excluding steroid dienone is 2. The fourth-order valence-corrected chi connectivity index (χ4v) is 1.47. The molecule has 0 aliphatic carbocycles. The fraction of sp³-hybridized carbons (Fsp3) is 0.0909. The van der Waals surface area contributed by atoms with Gasteiger partial charge in [-0.2, -0.15) is 0 Å². The van der Waals surface area contributed by atoms with Crippen LogP contribution in [0.3, 0.4) is 0 Å². The van der Waals surface area contributed by atoms with Crippen LogP contribution in [0.25, 0.3) is 0 Å². The van der Waals surface area contributed by atoms with Gasteiger partial charge < -0.3 is 4.74 Å². The van der Waals surface area contributed by atoms with E-state index in [1.807, 2.05) is 35.7 Å². The zero-order valence-corrected chi connectivity index (χ0v) is 8.38. The van der Waals surface area contributed by atoms with E-state index >= 15 is 0 Å². The van der Waals surface area contributed by atoms with Crippen molar-refractivity contribution in [3.05, 3.63) is 48.4 Å². The molecule has 1 rings (SSSR count). The van der Waals surface area contributed by atoms with Crippen LogP contribution in [-0.4, -0.2) is 7.11 Å². The molecule has 0 radical (unpaired) electrons. The number of hydrogen-bond acceptors (Lipinski definition) is 2. The maximum atomic E-state index is 5.05. The Morgan fingerprint density at radius 3 is 2.54 bits per heavy atom. The Morgan fingerprint density at radius 1 is 1.31 bits per heavy atom. The van der Waals surface area contributed by atoms with Crippen LogP contribution in [0.15, 0.2) is 53.3 Å². The van der Waals surface area contributed by atoms with Crippen molar-refractivity contribution in [3.63, 3.8) is 0 Å². The first kappa shape index (κ1) is 9.93. The summed E-state index contributed by atoms with van der Waals surface area (Å²) in [6.07, 6.45) is 3.67. The number of ether oxygens (including phenoxy) is 1. The summed E-state index contributed by atoms with van der Waals surface area (Å²) in [5.74, 6) is 0.886. The second-order valence-electron chi connectivity index (χ2n) is 2.36. The maximum absolute atomic E-state index is 5.05. The van der Waals surface area contributed by atoms with Crippen LogP contribution in [-0.2, 0) is 0 Å². The van der Waals surface area contributed by atoms with Gasteiger partial charge in [0.2, 0.25) is 0 Å². The molecular weight excluding hydrogens is 180 g/mol. The van der Waals surface area contributed by atoms with Crippen LogP contribution < -0.4 is 4.74 Å². The topological polar surface area (TPSA) is 9.23 Å². The molecule has 0 bridgehead atoms. The molecule has 1 aromatic rings. The van der Waals surface area contributed by atoms with Gasteiger partial charge in [0.15, 0.2) is 0 Å². The van der Waals surface area contributed by atoms with Crippen LogP contribution >= 0.6 is 11.8 Å². The van der Waals surface area contributed by atoms with Crippen molar-refractivity contribution in [1.82, 2.24) is 0 Å². The molecule has 0 heterocycles. The summed E-state index contributed by atoms with van der Waals surface area (Å²) in [6, 6.07) is 7.95. The van der Waals surface area contributed by atoms with E-state index < -0.39 is 0 Å². The first-order valence-corrected chi connectivity index (χ1v) is 4.83. The third-order valence-electron chi connectivity index (χ3n) is 1.48. The molecule has 13 heavy (non-hydrogen) atoms. The average Bonchev–Trinajstić information content (AvgIpc) is 2.19. The zero-order chi connectivity index (χ0) is 9.52. The van der Waals surface area contributed by atoms with Gasteiger partial charge in [-0.15, -0.1) is 0 Å². The Labute approximate surface area is 83.1 Å². The molecule has 0 aliphatic rings.